The van der Waals surface area contributed by atoms with E-state index in [0.29, 0.717) is 17.9 Å². The molecule has 0 bridgehead atoms. The summed E-state index contributed by atoms with van der Waals surface area (Å²) in [6, 6.07) is 5.35. The Morgan fingerprint density at radius 2 is 2.09 bits per heavy atom. The Kier molecular flexibility index (Phi) is 5.08. The van der Waals surface area contributed by atoms with Crippen molar-refractivity contribution in [3.8, 4) is 5.75 Å². The summed E-state index contributed by atoms with van der Waals surface area (Å²) in [6.07, 6.45) is 0.973. The predicted molar refractivity (Wildman–Crippen MR) is 85.5 cm³/mol. The minimum Gasteiger partial charge on any atom is -0.479 e. The summed E-state index contributed by atoms with van der Waals surface area (Å²) in [5.41, 5.74) is 1.45. The maximum Gasteiger partial charge on any atom is 0.267 e. The minimum absolute atomic E-state index is 0.117. The van der Waals surface area contributed by atoms with Gasteiger partial charge >= 0.3 is 0 Å². The van der Waals surface area contributed by atoms with E-state index in [0.717, 1.165) is 12.0 Å². The fourth-order valence-electron chi connectivity index (χ4n) is 2.27. The van der Waals surface area contributed by atoms with E-state index in [2.05, 4.69) is 4.72 Å². The van der Waals surface area contributed by atoms with Crippen molar-refractivity contribution >= 4 is 21.6 Å². The lowest BCUT2D eigenvalue weighted by atomic mass is 10.1. The Bertz CT molecular complexity index is 658. The molecule has 0 spiro atoms. The molecule has 1 unspecified atom stereocenters. The number of benzene rings is 1. The highest BCUT2D eigenvalue weighted by Gasteiger charge is 2.28. The van der Waals surface area contributed by atoms with Crippen LogP contribution in [0, 0.1) is 0 Å². The number of nitrogens with zero attached hydrogens (tertiary/aromatic N) is 1. The molecule has 1 N–H and O–H groups in total. The van der Waals surface area contributed by atoms with Gasteiger partial charge in [-0.05, 0) is 31.0 Å². The van der Waals surface area contributed by atoms with Crippen LogP contribution in [0.4, 0.5) is 5.69 Å². The quantitative estimate of drug-likeness (QED) is 0.862. The van der Waals surface area contributed by atoms with Crippen LogP contribution in [0.25, 0.3) is 0 Å². The van der Waals surface area contributed by atoms with E-state index in [9.17, 15) is 13.2 Å². The molecule has 1 aliphatic rings. The molecule has 22 heavy (non-hydrogen) atoms. The van der Waals surface area contributed by atoms with Gasteiger partial charge in [0.2, 0.25) is 10.0 Å². The number of carbonyl (C=O) groups is 1. The van der Waals surface area contributed by atoms with Crippen LogP contribution in [-0.2, 0) is 21.4 Å². The van der Waals surface area contributed by atoms with E-state index in [4.69, 9.17) is 4.74 Å². The van der Waals surface area contributed by atoms with Gasteiger partial charge < -0.3 is 9.64 Å². The molecule has 1 aliphatic heterocycles. The number of fused-ring (bicyclic) bond motifs is 1. The average Bonchev–Trinajstić information content (AvgIpc) is 2.49. The second-order valence-corrected chi connectivity index (χ2v) is 7.38. The van der Waals surface area contributed by atoms with Gasteiger partial charge in [-0.15, -0.1) is 0 Å². The van der Waals surface area contributed by atoms with Gasteiger partial charge in [-0.3, -0.25) is 4.79 Å². The molecule has 0 aliphatic carbocycles. The molecule has 0 fully saturated rings. The lowest BCUT2D eigenvalue weighted by Gasteiger charge is -2.30. The summed E-state index contributed by atoms with van der Waals surface area (Å²) in [4.78, 5) is 13.5. The Morgan fingerprint density at radius 1 is 1.36 bits per heavy atom. The Hall–Kier alpha value is -1.60. The van der Waals surface area contributed by atoms with E-state index in [1.165, 1.54) is 0 Å². The fourth-order valence-corrected chi connectivity index (χ4v) is 3.47. The topological polar surface area (TPSA) is 75.7 Å². The van der Waals surface area contributed by atoms with E-state index in [1.54, 1.807) is 37.1 Å². The lowest BCUT2D eigenvalue weighted by Crippen LogP contribution is -2.42. The number of unbranched alkanes of at least 4 members (excludes halogenated alkanes) is 1. The van der Waals surface area contributed by atoms with Crippen molar-refractivity contribution in [2.45, 2.75) is 39.3 Å². The number of rotatable bonds is 6. The number of anilines is 1. The monoisotopic (exact) mass is 326 g/mol. The number of carbonyl (C=O) groups excluding carboxylic acids is 1. The standard InChI is InChI=1S/C15H22N2O4S/c1-4-5-8-22(19,20)16-10-12-6-7-14-13(9-12)17(3)15(18)11(2)21-14/h6-7,9,11,16H,4-5,8,10H2,1-3H3. The zero-order valence-electron chi connectivity index (χ0n) is 13.1. The van der Waals surface area contributed by atoms with Gasteiger partial charge in [0.25, 0.3) is 5.91 Å². The Balaban J connectivity index is 2.10. The van der Waals surface area contributed by atoms with Crippen molar-refractivity contribution in [1.82, 2.24) is 4.72 Å². The summed E-state index contributed by atoms with van der Waals surface area (Å²) in [5, 5.41) is 0. The van der Waals surface area contributed by atoms with Crippen LogP contribution in [0.3, 0.4) is 0 Å². The first-order valence-corrected chi connectivity index (χ1v) is 9.04. The highest BCUT2D eigenvalue weighted by atomic mass is 32.2. The summed E-state index contributed by atoms with van der Waals surface area (Å²) in [6.45, 7) is 3.86. The molecule has 7 heteroatoms. The van der Waals surface area contributed by atoms with Crippen LogP contribution in [0.5, 0.6) is 5.75 Å². The smallest absolute Gasteiger partial charge is 0.267 e. The molecule has 122 valence electrons. The molecule has 1 aromatic rings. The molecule has 1 aromatic carbocycles. The third kappa shape index (κ3) is 3.78. The third-order valence-electron chi connectivity index (χ3n) is 3.63. The number of nitrogens with one attached hydrogen (secondary N) is 1. The van der Waals surface area contributed by atoms with Crippen LogP contribution in [-0.4, -0.2) is 33.2 Å². The van der Waals surface area contributed by atoms with Gasteiger partial charge in [-0.2, -0.15) is 0 Å². The molecular weight excluding hydrogens is 304 g/mol. The first-order valence-electron chi connectivity index (χ1n) is 7.38. The summed E-state index contributed by atoms with van der Waals surface area (Å²) in [5.74, 6) is 0.647. The predicted octanol–water partition coefficient (Wildman–Crippen LogP) is 1.65. The molecule has 6 nitrogen and oxygen atoms in total. The van der Waals surface area contributed by atoms with E-state index in [-0.39, 0.29) is 18.2 Å². The molecular formula is C15H22N2O4S. The first-order chi connectivity index (χ1) is 10.3. The highest BCUT2D eigenvalue weighted by Crippen LogP contribution is 2.33. The normalized spacial score (nSPS) is 18.0. The molecule has 0 radical (unpaired) electrons. The SMILES string of the molecule is CCCCS(=O)(=O)NCc1ccc2c(c1)N(C)C(=O)C(C)O2. The van der Waals surface area contributed by atoms with Crippen LogP contribution in [0.1, 0.15) is 32.3 Å². The number of hydrogen-bond acceptors (Lipinski definition) is 4. The molecule has 1 atom stereocenters. The minimum atomic E-state index is -3.26. The number of amides is 1. The van der Waals surface area contributed by atoms with Gasteiger partial charge in [0.05, 0.1) is 11.4 Å². The van der Waals surface area contributed by atoms with Gasteiger partial charge in [-0.1, -0.05) is 19.4 Å². The largest absolute Gasteiger partial charge is 0.479 e. The van der Waals surface area contributed by atoms with Gasteiger partial charge in [0.1, 0.15) is 5.75 Å². The maximum atomic E-state index is 11.9. The lowest BCUT2D eigenvalue weighted by molar-refractivity contribution is -0.125. The van der Waals surface area contributed by atoms with Gasteiger partial charge in [-0.25, -0.2) is 13.1 Å². The van der Waals surface area contributed by atoms with Crippen LogP contribution in [0.2, 0.25) is 0 Å². The van der Waals surface area contributed by atoms with E-state index < -0.39 is 16.1 Å². The number of hydrogen-bond donors (Lipinski definition) is 1. The highest BCUT2D eigenvalue weighted by molar-refractivity contribution is 7.89. The molecule has 0 aromatic heterocycles. The molecule has 1 heterocycles. The van der Waals surface area contributed by atoms with Crippen molar-refractivity contribution < 1.29 is 17.9 Å². The Labute approximate surface area is 131 Å². The number of ether oxygens (including phenoxy) is 1. The maximum absolute atomic E-state index is 11.9. The van der Waals surface area contributed by atoms with Gasteiger partial charge in [0.15, 0.2) is 6.10 Å². The second kappa shape index (κ2) is 6.66. The summed E-state index contributed by atoms with van der Waals surface area (Å²) < 4.78 is 31.7. The van der Waals surface area contributed by atoms with E-state index in [1.807, 2.05) is 6.92 Å². The van der Waals surface area contributed by atoms with Crippen molar-refractivity contribution in [2.24, 2.45) is 0 Å². The molecule has 0 saturated carbocycles. The van der Waals surface area contributed by atoms with Crippen molar-refractivity contribution in [1.29, 1.82) is 0 Å². The van der Waals surface area contributed by atoms with Gasteiger partial charge in [0, 0.05) is 13.6 Å². The summed E-state index contributed by atoms with van der Waals surface area (Å²) in [7, 11) is -1.57. The van der Waals surface area contributed by atoms with Crippen LogP contribution < -0.4 is 14.4 Å². The number of sulfonamides is 1. The molecule has 0 saturated heterocycles. The first kappa shape index (κ1) is 16.8. The second-order valence-electron chi connectivity index (χ2n) is 5.45. The van der Waals surface area contributed by atoms with Crippen molar-refractivity contribution in [3.05, 3.63) is 23.8 Å². The zero-order chi connectivity index (χ0) is 16.3. The molecule has 1 amide bonds. The average molecular weight is 326 g/mol. The summed E-state index contributed by atoms with van der Waals surface area (Å²) >= 11 is 0. The Morgan fingerprint density at radius 3 is 2.77 bits per heavy atom. The van der Waals surface area contributed by atoms with E-state index >= 15 is 0 Å². The van der Waals surface area contributed by atoms with Crippen LogP contribution in [0.15, 0.2) is 18.2 Å². The molecule has 2 rings (SSSR count). The third-order valence-corrected chi connectivity index (χ3v) is 5.04. The van der Waals surface area contributed by atoms with Crippen molar-refractivity contribution in [3.63, 3.8) is 0 Å². The fraction of sp³-hybridized carbons (Fsp3) is 0.533. The number of likely N-dealkylation sites (N-methyl/N-ethyl adjacent to an activating group) is 1. The zero-order valence-corrected chi connectivity index (χ0v) is 13.9. The van der Waals surface area contributed by atoms with Crippen molar-refractivity contribution in [2.75, 3.05) is 17.7 Å². The van der Waals surface area contributed by atoms with Crippen LogP contribution >= 0.6 is 0 Å².